The van der Waals surface area contributed by atoms with Crippen molar-refractivity contribution in [2.24, 2.45) is 0 Å². The second-order valence-electron chi connectivity index (χ2n) is 4.62. The van der Waals surface area contributed by atoms with Gasteiger partial charge in [-0.2, -0.15) is 13.2 Å². The van der Waals surface area contributed by atoms with Gasteiger partial charge in [0.05, 0.1) is 23.9 Å². The van der Waals surface area contributed by atoms with Gasteiger partial charge in [-0.25, -0.2) is 4.79 Å². The summed E-state index contributed by atoms with van der Waals surface area (Å²) in [7, 11) is 0.845. The quantitative estimate of drug-likeness (QED) is 0.596. The molecular weight excluding hydrogens is 356 g/mol. The Kier molecular flexibility index (Phi) is 4.91. The zero-order chi connectivity index (χ0) is 18.8. The van der Waals surface area contributed by atoms with E-state index in [2.05, 4.69) is 14.5 Å². The molecule has 0 unspecified atom stereocenters. The number of aromatic nitrogens is 1. The van der Waals surface area contributed by atoms with E-state index < -0.39 is 46.6 Å². The van der Waals surface area contributed by atoms with Gasteiger partial charge in [-0.1, -0.05) is 12.1 Å². The number of para-hydroxylation sites is 1. The van der Waals surface area contributed by atoms with E-state index in [0.717, 1.165) is 25.4 Å². The molecule has 0 bridgehead atoms. The van der Waals surface area contributed by atoms with E-state index in [0.29, 0.717) is 6.07 Å². The molecule has 10 heteroatoms. The molecule has 0 N–H and O–H groups in total. The van der Waals surface area contributed by atoms with Gasteiger partial charge in [-0.05, 0) is 18.2 Å². The molecule has 1 aromatic heterocycles. The van der Waals surface area contributed by atoms with Crippen LogP contribution >= 0.6 is 0 Å². The summed E-state index contributed by atoms with van der Waals surface area (Å²) in [6.45, 7) is 0. The molecule has 1 heterocycles. The van der Waals surface area contributed by atoms with E-state index in [1.165, 1.54) is 12.1 Å². The Hall–Kier alpha value is -2.78. The lowest BCUT2D eigenvalue weighted by atomic mass is 10.00. The molecule has 2 rings (SSSR count). The van der Waals surface area contributed by atoms with E-state index >= 15 is 0 Å². The molecule has 0 spiro atoms. The van der Waals surface area contributed by atoms with Crippen LogP contribution in [0.25, 0.3) is 11.3 Å². The summed E-state index contributed by atoms with van der Waals surface area (Å²) in [4.78, 5) is 15.5. The standard InChI is InChI=1S/C15H9F6NO3/c1-24-13(23)11-9(14(16,17)18)6-7-22-12(11)8-4-2-3-5-10(8)25-15(19,20)21/h2-7H,1H3. The molecule has 0 aliphatic rings. The van der Waals surface area contributed by atoms with Crippen molar-refractivity contribution in [3.8, 4) is 17.0 Å². The Bertz CT molecular complexity index is 786. The van der Waals surface area contributed by atoms with E-state index in [4.69, 9.17) is 0 Å². The smallest absolute Gasteiger partial charge is 0.465 e. The van der Waals surface area contributed by atoms with Crippen LogP contribution in [-0.2, 0) is 10.9 Å². The summed E-state index contributed by atoms with van der Waals surface area (Å²) < 4.78 is 85.2. The molecule has 4 nitrogen and oxygen atoms in total. The lowest BCUT2D eigenvalue weighted by molar-refractivity contribution is -0.274. The number of pyridine rings is 1. The SMILES string of the molecule is COC(=O)c1c(C(F)(F)F)ccnc1-c1ccccc1OC(F)(F)F. The minimum atomic E-state index is -5.08. The fraction of sp³-hybridized carbons (Fsp3) is 0.200. The molecule has 1 aromatic carbocycles. The molecule has 0 atom stereocenters. The Labute approximate surface area is 137 Å². The van der Waals surface area contributed by atoms with E-state index in [1.807, 2.05) is 0 Å². The second-order valence-corrected chi connectivity index (χ2v) is 4.62. The molecule has 0 amide bonds. The largest absolute Gasteiger partial charge is 0.573 e. The zero-order valence-electron chi connectivity index (χ0n) is 12.4. The summed E-state index contributed by atoms with van der Waals surface area (Å²) in [5.41, 5.74) is -3.46. The number of methoxy groups -OCH3 is 1. The van der Waals surface area contributed by atoms with Crippen molar-refractivity contribution in [1.82, 2.24) is 4.98 Å². The van der Waals surface area contributed by atoms with Crippen molar-refractivity contribution in [2.45, 2.75) is 12.5 Å². The second kappa shape index (κ2) is 6.61. The Morgan fingerprint density at radius 3 is 2.24 bits per heavy atom. The van der Waals surface area contributed by atoms with Crippen LogP contribution < -0.4 is 4.74 Å². The molecular formula is C15H9F6NO3. The van der Waals surface area contributed by atoms with E-state index in [-0.39, 0.29) is 0 Å². The van der Waals surface area contributed by atoms with Crippen molar-refractivity contribution < 1.29 is 40.6 Å². The van der Waals surface area contributed by atoms with Gasteiger partial charge in [-0.3, -0.25) is 4.98 Å². The van der Waals surface area contributed by atoms with Crippen LogP contribution in [0.1, 0.15) is 15.9 Å². The normalized spacial score (nSPS) is 12.0. The highest BCUT2D eigenvalue weighted by molar-refractivity contribution is 5.98. The number of alkyl halides is 6. The summed E-state index contributed by atoms with van der Waals surface area (Å²) >= 11 is 0. The van der Waals surface area contributed by atoms with Gasteiger partial charge in [0.1, 0.15) is 5.75 Å². The van der Waals surface area contributed by atoms with Gasteiger partial charge >= 0.3 is 18.5 Å². The van der Waals surface area contributed by atoms with E-state index in [1.54, 1.807) is 0 Å². The molecule has 0 radical (unpaired) electrons. The maximum atomic E-state index is 13.2. The Morgan fingerprint density at radius 1 is 1.04 bits per heavy atom. The molecule has 2 aromatic rings. The lowest BCUT2D eigenvalue weighted by Crippen LogP contribution is -2.19. The third kappa shape index (κ3) is 4.20. The van der Waals surface area contributed by atoms with Crippen molar-refractivity contribution in [3.05, 3.63) is 47.7 Å². The van der Waals surface area contributed by atoms with Crippen molar-refractivity contribution in [3.63, 3.8) is 0 Å². The highest BCUT2D eigenvalue weighted by Gasteiger charge is 2.39. The van der Waals surface area contributed by atoms with Crippen LogP contribution in [-0.4, -0.2) is 24.4 Å². The van der Waals surface area contributed by atoms with Crippen LogP contribution in [0.4, 0.5) is 26.3 Å². The average Bonchev–Trinajstić information content (AvgIpc) is 2.51. The van der Waals surface area contributed by atoms with Gasteiger partial charge in [0.25, 0.3) is 0 Å². The number of nitrogens with zero attached hydrogens (tertiary/aromatic N) is 1. The average molecular weight is 365 g/mol. The summed E-state index contributed by atoms with van der Waals surface area (Å²) in [5, 5.41) is 0. The summed E-state index contributed by atoms with van der Waals surface area (Å²) in [6.07, 6.45) is -9.29. The van der Waals surface area contributed by atoms with E-state index in [9.17, 15) is 31.1 Å². The minimum Gasteiger partial charge on any atom is -0.465 e. The number of carbonyl (C=O) groups is 1. The number of rotatable bonds is 3. The molecule has 0 fully saturated rings. The fourth-order valence-corrected chi connectivity index (χ4v) is 2.09. The van der Waals surface area contributed by atoms with Crippen LogP contribution in [0.5, 0.6) is 5.75 Å². The maximum absolute atomic E-state index is 13.2. The maximum Gasteiger partial charge on any atom is 0.573 e. The number of halogens is 6. The molecule has 134 valence electrons. The first kappa shape index (κ1) is 18.6. The van der Waals surface area contributed by atoms with Crippen LogP contribution in [0.3, 0.4) is 0 Å². The summed E-state index contributed by atoms with van der Waals surface area (Å²) in [6, 6.07) is 4.93. The summed E-state index contributed by atoms with van der Waals surface area (Å²) in [5.74, 6) is -2.19. The first-order chi connectivity index (χ1) is 11.5. The van der Waals surface area contributed by atoms with Gasteiger partial charge < -0.3 is 9.47 Å². The molecule has 0 saturated heterocycles. The van der Waals surface area contributed by atoms with Crippen molar-refractivity contribution in [2.75, 3.05) is 7.11 Å². The number of hydrogen-bond acceptors (Lipinski definition) is 4. The monoisotopic (exact) mass is 365 g/mol. The van der Waals surface area contributed by atoms with Gasteiger partial charge in [0, 0.05) is 11.8 Å². The molecule has 0 aliphatic carbocycles. The predicted octanol–water partition coefficient (Wildman–Crippen LogP) is 4.45. The Morgan fingerprint density at radius 2 is 1.68 bits per heavy atom. The Balaban J connectivity index is 2.75. The first-order valence-corrected chi connectivity index (χ1v) is 6.54. The van der Waals surface area contributed by atoms with Gasteiger partial charge in [-0.15, -0.1) is 13.2 Å². The number of hydrogen-bond donors (Lipinski definition) is 0. The van der Waals surface area contributed by atoms with Crippen molar-refractivity contribution in [1.29, 1.82) is 0 Å². The highest BCUT2D eigenvalue weighted by atomic mass is 19.4. The topological polar surface area (TPSA) is 48.4 Å². The third-order valence-corrected chi connectivity index (χ3v) is 3.01. The van der Waals surface area contributed by atoms with Crippen LogP contribution in [0.15, 0.2) is 36.5 Å². The number of esters is 1. The van der Waals surface area contributed by atoms with Crippen LogP contribution in [0, 0.1) is 0 Å². The minimum absolute atomic E-state index is 0.439. The molecule has 25 heavy (non-hydrogen) atoms. The number of benzene rings is 1. The first-order valence-electron chi connectivity index (χ1n) is 6.54. The van der Waals surface area contributed by atoms with Crippen LogP contribution in [0.2, 0.25) is 0 Å². The fourth-order valence-electron chi connectivity index (χ4n) is 2.09. The number of carbonyl (C=O) groups excluding carboxylic acids is 1. The van der Waals surface area contributed by atoms with Gasteiger partial charge in [0.2, 0.25) is 0 Å². The zero-order valence-corrected chi connectivity index (χ0v) is 12.4. The van der Waals surface area contributed by atoms with Crippen molar-refractivity contribution >= 4 is 5.97 Å². The number of ether oxygens (including phenoxy) is 2. The highest BCUT2D eigenvalue weighted by Crippen LogP contribution is 2.39. The third-order valence-electron chi connectivity index (χ3n) is 3.01. The lowest BCUT2D eigenvalue weighted by Gasteiger charge is -2.17. The molecule has 0 aliphatic heterocycles. The molecule has 0 saturated carbocycles. The van der Waals surface area contributed by atoms with Gasteiger partial charge in [0.15, 0.2) is 0 Å². The predicted molar refractivity (Wildman–Crippen MR) is 72.7 cm³/mol.